The van der Waals surface area contributed by atoms with Gasteiger partial charge in [0.25, 0.3) is 0 Å². The molecule has 4 heteroatoms. The summed E-state index contributed by atoms with van der Waals surface area (Å²) >= 11 is 0. The fourth-order valence-corrected chi connectivity index (χ4v) is 2.83. The fraction of sp³-hybridized carbons (Fsp3) is 0.0476. The number of carbonyl (C=O) groups is 1. The summed E-state index contributed by atoms with van der Waals surface area (Å²) in [6.07, 6.45) is 0.230. The summed E-state index contributed by atoms with van der Waals surface area (Å²) in [6, 6.07) is 23.7. The summed E-state index contributed by atoms with van der Waals surface area (Å²) < 4.78 is 5.86. The van der Waals surface area contributed by atoms with Crippen molar-refractivity contribution < 1.29 is 9.21 Å². The van der Waals surface area contributed by atoms with Crippen LogP contribution in [0.2, 0.25) is 0 Å². The molecule has 122 valence electrons. The van der Waals surface area contributed by atoms with Crippen LogP contribution >= 0.6 is 0 Å². The van der Waals surface area contributed by atoms with Gasteiger partial charge in [0.05, 0.1) is 6.42 Å². The highest BCUT2D eigenvalue weighted by molar-refractivity contribution is 5.82. The molecular formula is C21H16N2O2. The summed E-state index contributed by atoms with van der Waals surface area (Å²) in [7, 11) is 0. The standard InChI is InChI=1S/C21H16N2O2/c22-20(24)12-14-6-8-16(9-7-14)21-23-18-13-17(10-11-19(18)25-21)15-4-2-1-3-5-15/h1-11,13H,12H2,(H2,22,24). The van der Waals surface area contributed by atoms with Crippen LogP contribution in [0.25, 0.3) is 33.7 Å². The van der Waals surface area contributed by atoms with Crippen molar-refractivity contribution >= 4 is 17.0 Å². The first kappa shape index (κ1) is 15.1. The molecular weight excluding hydrogens is 312 g/mol. The van der Waals surface area contributed by atoms with Crippen LogP contribution in [0, 0.1) is 0 Å². The van der Waals surface area contributed by atoms with Crippen molar-refractivity contribution in [3.8, 4) is 22.6 Å². The van der Waals surface area contributed by atoms with Gasteiger partial charge in [-0.15, -0.1) is 0 Å². The molecule has 4 nitrogen and oxygen atoms in total. The van der Waals surface area contributed by atoms with E-state index in [9.17, 15) is 4.79 Å². The molecule has 1 heterocycles. The average molecular weight is 328 g/mol. The van der Waals surface area contributed by atoms with E-state index in [-0.39, 0.29) is 12.3 Å². The Morgan fingerprint density at radius 1 is 0.880 bits per heavy atom. The smallest absolute Gasteiger partial charge is 0.227 e. The van der Waals surface area contributed by atoms with E-state index >= 15 is 0 Å². The second-order valence-electron chi connectivity index (χ2n) is 5.91. The van der Waals surface area contributed by atoms with Gasteiger partial charge in [-0.2, -0.15) is 0 Å². The summed E-state index contributed by atoms with van der Waals surface area (Å²) in [5.41, 5.74) is 10.8. The Morgan fingerprint density at radius 2 is 1.60 bits per heavy atom. The van der Waals surface area contributed by atoms with E-state index in [4.69, 9.17) is 10.2 Å². The number of amides is 1. The maximum Gasteiger partial charge on any atom is 0.227 e. The third-order valence-corrected chi connectivity index (χ3v) is 4.07. The second kappa shape index (κ2) is 6.24. The van der Waals surface area contributed by atoms with Crippen LogP contribution in [-0.4, -0.2) is 10.9 Å². The highest BCUT2D eigenvalue weighted by Crippen LogP contribution is 2.28. The van der Waals surface area contributed by atoms with E-state index < -0.39 is 0 Å². The van der Waals surface area contributed by atoms with Crippen LogP contribution in [0.5, 0.6) is 0 Å². The molecule has 1 amide bonds. The number of fused-ring (bicyclic) bond motifs is 1. The lowest BCUT2D eigenvalue weighted by Crippen LogP contribution is -2.13. The molecule has 25 heavy (non-hydrogen) atoms. The molecule has 0 atom stereocenters. The quantitative estimate of drug-likeness (QED) is 0.611. The second-order valence-corrected chi connectivity index (χ2v) is 5.91. The van der Waals surface area contributed by atoms with Crippen LogP contribution in [-0.2, 0) is 11.2 Å². The van der Waals surface area contributed by atoms with Crippen molar-refractivity contribution in [2.45, 2.75) is 6.42 Å². The van der Waals surface area contributed by atoms with E-state index in [0.29, 0.717) is 5.89 Å². The number of hydrogen-bond donors (Lipinski definition) is 1. The maximum absolute atomic E-state index is 11.0. The topological polar surface area (TPSA) is 69.1 Å². The summed E-state index contributed by atoms with van der Waals surface area (Å²) in [4.78, 5) is 15.6. The molecule has 3 aromatic carbocycles. The number of benzene rings is 3. The molecule has 1 aromatic heterocycles. The zero-order valence-electron chi connectivity index (χ0n) is 13.5. The SMILES string of the molecule is NC(=O)Cc1ccc(-c2nc3cc(-c4ccccc4)ccc3o2)cc1. The van der Waals surface area contributed by atoms with Gasteiger partial charge in [-0.1, -0.05) is 48.5 Å². The van der Waals surface area contributed by atoms with E-state index in [1.54, 1.807) is 0 Å². The zero-order chi connectivity index (χ0) is 17.2. The number of aromatic nitrogens is 1. The third kappa shape index (κ3) is 3.15. The molecule has 0 unspecified atom stereocenters. The molecule has 0 aliphatic heterocycles. The Kier molecular flexibility index (Phi) is 3.78. The van der Waals surface area contributed by atoms with Crippen LogP contribution in [0.4, 0.5) is 0 Å². The molecule has 0 radical (unpaired) electrons. The molecule has 0 saturated heterocycles. The van der Waals surface area contributed by atoms with Gasteiger partial charge in [0, 0.05) is 5.56 Å². The van der Waals surface area contributed by atoms with E-state index in [1.807, 2.05) is 60.7 Å². The van der Waals surface area contributed by atoms with Gasteiger partial charge in [0.1, 0.15) is 5.52 Å². The molecule has 2 N–H and O–H groups in total. The normalized spacial score (nSPS) is 10.9. The molecule has 0 bridgehead atoms. The first-order valence-electron chi connectivity index (χ1n) is 8.03. The van der Waals surface area contributed by atoms with Crippen LogP contribution in [0.3, 0.4) is 0 Å². The Labute approximate surface area is 144 Å². The van der Waals surface area contributed by atoms with Gasteiger partial charge in [-0.3, -0.25) is 4.79 Å². The number of primary amides is 1. The van der Waals surface area contributed by atoms with Crippen molar-refractivity contribution in [2.75, 3.05) is 0 Å². The van der Waals surface area contributed by atoms with Crippen molar-refractivity contribution in [2.24, 2.45) is 5.73 Å². The molecule has 4 aromatic rings. The first-order chi connectivity index (χ1) is 12.2. The fourth-order valence-electron chi connectivity index (χ4n) is 2.83. The van der Waals surface area contributed by atoms with Crippen molar-refractivity contribution in [3.05, 3.63) is 78.4 Å². The van der Waals surface area contributed by atoms with Gasteiger partial charge in [0.15, 0.2) is 5.58 Å². The maximum atomic E-state index is 11.0. The van der Waals surface area contributed by atoms with Crippen LogP contribution < -0.4 is 5.73 Å². The lowest BCUT2D eigenvalue weighted by atomic mass is 10.1. The lowest BCUT2D eigenvalue weighted by Gasteiger charge is -1.99. The highest BCUT2D eigenvalue weighted by atomic mass is 16.3. The lowest BCUT2D eigenvalue weighted by molar-refractivity contribution is -0.117. The Bertz CT molecular complexity index is 1030. The third-order valence-electron chi connectivity index (χ3n) is 4.07. The number of nitrogens with two attached hydrogens (primary N) is 1. The molecule has 4 rings (SSSR count). The summed E-state index contributed by atoms with van der Waals surface area (Å²) in [6.45, 7) is 0. The number of oxazole rings is 1. The average Bonchev–Trinajstić information content (AvgIpc) is 3.06. The van der Waals surface area contributed by atoms with E-state index in [0.717, 1.165) is 33.4 Å². The summed E-state index contributed by atoms with van der Waals surface area (Å²) in [5.74, 6) is 0.217. The Balaban J connectivity index is 1.68. The Hall–Kier alpha value is -3.40. The number of rotatable bonds is 4. The summed E-state index contributed by atoms with van der Waals surface area (Å²) in [5, 5.41) is 0. The molecule has 0 saturated carbocycles. The minimum Gasteiger partial charge on any atom is -0.436 e. The zero-order valence-corrected chi connectivity index (χ0v) is 13.5. The highest BCUT2D eigenvalue weighted by Gasteiger charge is 2.10. The van der Waals surface area contributed by atoms with Gasteiger partial charge >= 0.3 is 0 Å². The van der Waals surface area contributed by atoms with Gasteiger partial charge in [-0.25, -0.2) is 4.98 Å². The predicted octanol–water partition coefficient (Wildman–Crippen LogP) is 4.19. The van der Waals surface area contributed by atoms with Crippen LogP contribution in [0.15, 0.2) is 77.2 Å². The van der Waals surface area contributed by atoms with Gasteiger partial charge in [-0.05, 0) is 41.0 Å². The number of hydrogen-bond acceptors (Lipinski definition) is 3. The molecule has 0 fully saturated rings. The molecule has 0 aliphatic rings. The van der Waals surface area contributed by atoms with Crippen molar-refractivity contribution in [3.63, 3.8) is 0 Å². The van der Waals surface area contributed by atoms with Crippen molar-refractivity contribution in [1.29, 1.82) is 0 Å². The predicted molar refractivity (Wildman–Crippen MR) is 97.8 cm³/mol. The number of carbonyl (C=O) groups excluding carboxylic acids is 1. The van der Waals surface area contributed by atoms with E-state index in [1.165, 1.54) is 0 Å². The minimum absolute atomic E-state index is 0.230. The van der Waals surface area contributed by atoms with Gasteiger partial charge in [0.2, 0.25) is 11.8 Å². The van der Waals surface area contributed by atoms with Crippen LogP contribution in [0.1, 0.15) is 5.56 Å². The van der Waals surface area contributed by atoms with Gasteiger partial charge < -0.3 is 10.2 Å². The molecule has 0 spiro atoms. The van der Waals surface area contributed by atoms with E-state index in [2.05, 4.69) is 17.1 Å². The largest absolute Gasteiger partial charge is 0.436 e. The first-order valence-corrected chi connectivity index (χ1v) is 8.03. The van der Waals surface area contributed by atoms with Crippen molar-refractivity contribution in [1.82, 2.24) is 4.98 Å². The Morgan fingerprint density at radius 3 is 2.32 bits per heavy atom. The minimum atomic E-state index is -0.344. The molecule has 0 aliphatic carbocycles. The number of nitrogens with zero attached hydrogens (tertiary/aromatic N) is 1. The monoisotopic (exact) mass is 328 g/mol.